The van der Waals surface area contributed by atoms with Crippen molar-refractivity contribution in [1.82, 2.24) is 5.32 Å². The molecule has 0 aliphatic carbocycles. The van der Waals surface area contributed by atoms with Crippen molar-refractivity contribution in [3.8, 4) is 0 Å². The minimum Gasteiger partial charge on any atom is -0.468 e. The number of carbonyl (C=O) groups is 1. The van der Waals surface area contributed by atoms with Gasteiger partial charge in [0.15, 0.2) is 0 Å². The van der Waals surface area contributed by atoms with Crippen LogP contribution in [0.15, 0.2) is 46.9 Å². The van der Waals surface area contributed by atoms with Gasteiger partial charge >= 0.3 is 12.1 Å². The number of fused-ring (bicyclic) bond motifs is 3. The Labute approximate surface area is 160 Å². The van der Waals surface area contributed by atoms with Crippen molar-refractivity contribution >= 4 is 27.9 Å². The van der Waals surface area contributed by atoms with E-state index in [1.165, 1.54) is 19.2 Å². The highest BCUT2D eigenvalue weighted by Gasteiger charge is 2.43. The second kappa shape index (κ2) is 7.83. The second-order valence-electron chi connectivity index (χ2n) is 7.20. The zero-order valence-corrected chi connectivity index (χ0v) is 15.8. The molecule has 28 heavy (non-hydrogen) atoms. The first-order chi connectivity index (χ1) is 13.2. The van der Waals surface area contributed by atoms with Crippen molar-refractivity contribution in [3.05, 3.63) is 48.0 Å². The molecule has 3 aromatic rings. The van der Waals surface area contributed by atoms with Crippen LogP contribution in [0.25, 0.3) is 21.9 Å². The normalized spacial score (nSPS) is 14.5. The molecule has 1 N–H and O–H groups in total. The van der Waals surface area contributed by atoms with E-state index < -0.39 is 24.2 Å². The molecule has 0 spiro atoms. The average Bonchev–Trinajstić information content (AvgIpc) is 3.00. The molecule has 150 valence electrons. The van der Waals surface area contributed by atoms with Gasteiger partial charge < -0.3 is 9.15 Å². The van der Waals surface area contributed by atoms with Crippen LogP contribution in [0.4, 0.5) is 13.2 Å². The number of esters is 1. The third-order valence-electron chi connectivity index (χ3n) is 4.62. The van der Waals surface area contributed by atoms with Crippen LogP contribution < -0.4 is 5.32 Å². The Kier molecular flexibility index (Phi) is 5.65. The minimum absolute atomic E-state index is 0.0169. The van der Waals surface area contributed by atoms with Crippen molar-refractivity contribution in [2.75, 3.05) is 7.11 Å². The second-order valence-corrected chi connectivity index (χ2v) is 7.20. The number of para-hydroxylation sites is 1. The average molecular weight is 393 g/mol. The molecule has 2 atom stereocenters. The summed E-state index contributed by atoms with van der Waals surface area (Å²) in [7, 11) is 1.17. The number of benzene rings is 2. The number of ether oxygens (including phenoxy) is 1. The molecule has 0 amide bonds. The summed E-state index contributed by atoms with van der Waals surface area (Å²) < 4.78 is 51.9. The summed E-state index contributed by atoms with van der Waals surface area (Å²) in [6.07, 6.45) is -4.37. The Balaban J connectivity index is 2.01. The number of rotatable bonds is 6. The minimum atomic E-state index is -4.59. The highest BCUT2D eigenvalue weighted by molar-refractivity contribution is 6.04. The lowest BCUT2D eigenvalue weighted by Gasteiger charge is -2.27. The van der Waals surface area contributed by atoms with Crippen LogP contribution in [-0.4, -0.2) is 25.3 Å². The highest BCUT2D eigenvalue weighted by atomic mass is 19.4. The first-order valence-corrected chi connectivity index (χ1v) is 9.02. The molecule has 4 nitrogen and oxygen atoms in total. The maximum absolute atomic E-state index is 13.8. The number of alkyl halides is 3. The van der Waals surface area contributed by atoms with Crippen molar-refractivity contribution in [3.63, 3.8) is 0 Å². The molecule has 0 radical (unpaired) electrons. The summed E-state index contributed by atoms with van der Waals surface area (Å²) in [4.78, 5) is 12.0. The molecule has 3 rings (SSSR count). The van der Waals surface area contributed by atoms with Gasteiger partial charge in [0.2, 0.25) is 0 Å². The molecule has 1 aromatic heterocycles. The molecule has 7 heteroatoms. The smallest absolute Gasteiger partial charge is 0.407 e. The number of furan rings is 1. The molecule has 2 unspecified atom stereocenters. The van der Waals surface area contributed by atoms with Crippen LogP contribution >= 0.6 is 0 Å². The molecule has 0 saturated heterocycles. The van der Waals surface area contributed by atoms with Gasteiger partial charge in [-0.1, -0.05) is 44.2 Å². The van der Waals surface area contributed by atoms with E-state index in [0.717, 1.165) is 10.8 Å². The fourth-order valence-corrected chi connectivity index (χ4v) is 3.35. The fraction of sp³-hybridized carbons (Fsp3) is 0.381. The zero-order valence-electron chi connectivity index (χ0n) is 15.8. The van der Waals surface area contributed by atoms with Crippen LogP contribution in [-0.2, 0) is 9.53 Å². The van der Waals surface area contributed by atoms with E-state index in [1.807, 2.05) is 26.0 Å². The standard InChI is InChI=1S/C21H22F3NO3/c1-12(2)10-16(20(26)27-3)25-19(21(22,23)24)13-8-9-15-14-6-4-5-7-17(14)28-18(15)11-13/h4-9,11-12,16,19,25H,10H2,1-3H3. The Morgan fingerprint density at radius 1 is 1.11 bits per heavy atom. The summed E-state index contributed by atoms with van der Waals surface area (Å²) in [5.74, 6) is -0.698. The lowest BCUT2D eigenvalue weighted by Crippen LogP contribution is -2.45. The largest absolute Gasteiger partial charge is 0.468 e. The lowest BCUT2D eigenvalue weighted by atomic mass is 9.99. The van der Waals surface area contributed by atoms with Gasteiger partial charge in [-0.3, -0.25) is 10.1 Å². The molecule has 1 heterocycles. The summed E-state index contributed by atoms with van der Waals surface area (Å²) in [6, 6.07) is 8.60. The van der Waals surface area contributed by atoms with Crippen LogP contribution in [0.1, 0.15) is 31.9 Å². The van der Waals surface area contributed by atoms with Crippen molar-refractivity contribution in [2.24, 2.45) is 5.92 Å². The van der Waals surface area contributed by atoms with Crippen LogP contribution in [0, 0.1) is 5.92 Å². The Morgan fingerprint density at radius 2 is 1.79 bits per heavy atom. The number of hydrogen-bond donors (Lipinski definition) is 1. The van der Waals surface area contributed by atoms with Gasteiger partial charge in [-0.15, -0.1) is 0 Å². The van der Waals surface area contributed by atoms with E-state index in [0.29, 0.717) is 11.2 Å². The maximum atomic E-state index is 13.8. The first-order valence-electron chi connectivity index (χ1n) is 9.02. The molecular weight excluding hydrogens is 371 g/mol. The molecule has 0 bridgehead atoms. The van der Waals surface area contributed by atoms with E-state index in [1.54, 1.807) is 18.2 Å². The van der Waals surface area contributed by atoms with Gasteiger partial charge in [0, 0.05) is 10.8 Å². The first kappa shape index (κ1) is 20.2. The number of nitrogens with one attached hydrogen (secondary N) is 1. The van der Waals surface area contributed by atoms with Gasteiger partial charge in [-0.2, -0.15) is 13.2 Å². The van der Waals surface area contributed by atoms with Gasteiger partial charge in [0.25, 0.3) is 0 Å². The SMILES string of the molecule is COC(=O)C(CC(C)C)NC(c1ccc2c(c1)oc1ccccc12)C(F)(F)F. The van der Waals surface area contributed by atoms with E-state index in [4.69, 9.17) is 4.42 Å². The predicted octanol–water partition coefficient (Wildman–Crippen LogP) is 5.37. The van der Waals surface area contributed by atoms with E-state index in [2.05, 4.69) is 10.1 Å². The van der Waals surface area contributed by atoms with Gasteiger partial charge in [-0.25, -0.2) is 0 Å². The van der Waals surface area contributed by atoms with Crippen molar-refractivity contribution in [2.45, 2.75) is 38.5 Å². The van der Waals surface area contributed by atoms with Crippen LogP contribution in [0.3, 0.4) is 0 Å². The molecule has 0 saturated carbocycles. The molecule has 0 fully saturated rings. The lowest BCUT2D eigenvalue weighted by molar-refractivity contribution is -0.164. The number of methoxy groups -OCH3 is 1. The Morgan fingerprint density at radius 3 is 2.43 bits per heavy atom. The summed E-state index contributed by atoms with van der Waals surface area (Å²) in [6.45, 7) is 3.67. The van der Waals surface area contributed by atoms with Crippen LogP contribution in [0.5, 0.6) is 0 Å². The number of halogens is 3. The van der Waals surface area contributed by atoms with Gasteiger partial charge in [-0.05, 0) is 30.0 Å². The quantitative estimate of drug-likeness (QED) is 0.573. The highest BCUT2D eigenvalue weighted by Crippen LogP contribution is 2.37. The summed E-state index contributed by atoms with van der Waals surface area (Å²) in [5, 5.41) is 4.03. The Bertz CT molecular complexity index is 978. The molecular formula is C21H22F3NO3. The fourth-order valence-electron chi connectivity index (χ4n) is 3.35. The summed E-state index contributed by atoms with van der Waals surface area (Å²) in [5.41, 5.74) is 0.961. The van der Waals surface area contributed by atoms with E-state index in [-0.39, 0.29) is 17.9 Å². The molecule has 0 aliphatic rings. The third kappa shape index (κ3) is 4.14. The Hall–Kier alpha value is -2.54. The number of hydrogen-bond acceptors (Lipinski definition) is 4. The van der Waals surface area contributed by atoms with Crippen LogP contribution in [0.2, 0.25) is 0 Å². The topological polar surface area (TPSA) is 51.5 Å². The molecule has 0 aliphatic heterocycles. The van der Waals surface area contributed by atoms with Crippen molar-refractivity contribution < 1.29 is 27.1 Å². The van der Waals surface area contributed by atoms with Gasteiger partial charge in [0.05, 0.1) is 7.11 Å². The van der Waals surface area contributed by atoms with Crippen molar-refractivity contribution in [1.29, 1.82) is 0 Å². The van der Waals surface area contributed by atoms with E-state index >= 15 is 0 Å². The zero-order chi connectivity index (χ0) is 20.5. The molecule has 2 aromatic carbocycles. The van der Waals surface area contributed by atoms with E-state index in [9.17, 15) is 18.0 Å². The van der Waals surface area contributed by atoms with Gasteiger partial charge in [0.1, 0.15) is 23.2 Å². The summed E-state index contributed by atoms with van der Waals surface area (Å²) >= 11 is 0. The monoisotopic (exact) mass is 393 g/mol. The number of carbonyl (C=O) groups excluding carboxylic acids is 1. The third-order valence-corrected chi connectivity index (χ3v) is 4.62. The maximum Gasteiger partial charge on any atom is 0.407 e. The predicted molar refractivity (Wildman–Crippen MR) is 101 cm³/mol.